The van der Waals surface area contributed by atoms with Gasteiger partial charge in [0, 0.05) is 12.0 Å². The van der Waals surface area contributed by atoms with Gasteiger partial charge in [-0.15, -0.1) is 0 Å². The van der Waals surface area contributed by atoms with Crippen molar-refractivity contribution in [3.05, 3.63) is 29.8 Å². The zero-order valence-electron chi connectivity index (χ0n) is 10.0. The number of amides is 1. The molecule has 0 aliphatic carbocycles. The number of benzene rings is 1. The highest BCUT2D eigenvalue weighted by Gasteiger charge is 2.29. The summed E-state index contributed by atoms with van der Waals surface area (Å²) in [5.41, 5.74) is 0.975. The third kappa shape index (κ3) is 2.82. The predicted octanol–water partition coefficient (Wildman–Crippen LogP) is 2.42. The second-order valence-electron chi connectivity index (χ2n) is 4.32. The van der Waals surface area contributed by atoms with Crippen molar-refractivity contribution in [2.75, 3.05) is 6.54 Å². The highest BCUT2D eigenvalue weighted by molar-refractivity contribution is 7.89. The zero-order chi connectivity index (χ0) is 12.3. The van der Waals surface area contributed by atoms with E-state index in [4.69, 9.17) is 0 Å². The molecule has 1 aromatic carbocycles. The van der Waals surface area contributed by atoms with Gasteiger partial charge >= 0.3 is 0 Å². The number of nitrogens with zero attached hydrogens (tertiary/aromatic N) is 1. The van der Waals surface area contributed by atoms with Crippen molar-refractivity contribution in [1.29, 1.82) is 0 Å². The van der Waals surface area contributed by atoms with E-state index in [1.807, 2.05) is 31.2 Å². The standard InChI is InChI=1S/C13H17NO2S/c1-11-7-4-5-8-12(11)17(16)14-10-6-2-3-9-13(14)15/h4-5,7-8H,2-3,6,9-10H2,1H3. The van der Waals surface area contributed by atoms with E-state index in [2.05, 4.69) is 0 Å². The second-order valence-corrected chi connectivity index (χ2v) is 5.70. The summed E-state index contributed by atoms with van der Waals surface area (Å²) in [6.07, 6.45) is 3.44. The van der Waals surface area contributed by atoms with Gasteiger partial charge in [-0.2, -0.15) is 4.31 Å². The summed E-state index contributed by atoms with van der Waals surface area (Å²) in [7, 11) is 0. The van der Waals surface area contributed by atoms with Crippen LogP contribution in [0.4, 0.5) is 0 Å². The third-order valence-electron chi connectivity index (χ3n) is 3.01. The fourth-order valence-electron chi connectivity index (χ4n) is 2.00. The molecule has 1 aliphatic heterocycles. The summed E-state index contributed by atoms with van der Waals surface area (Å²) in [4.78, 5) is 12.6. The van der Waals surface area contributed by atoms with Crippen molar-refractivity contribution in [3.63, 3.8) is 0 Å². The molecule has 0 N–H and O–H groups in total. The molecule has 1 unspecified atom stereocenters. The van der Waals surface area contributed by atoms with Gasteiger partial charge in [0.05, 0.1) is 6.54 Å². The molecule has 0 radical (unpaired) electrons. The number of hydrogen-bond donors (Lipinski definition) is 0. The van der Waals surface area contributed by atoms with Gasteiger partial charge in [-0.3, -0.25) is 4.79 Å². The summed E-state index contributed by atoms with van der Waals surface area (Å²) in [5, 5.41) is 0. The van der Waals surface area contributed by atoms with Crippen LogP contribution in [0.1, 0.15) is 31.2 Å². The molecule has 1 heterocycles. The third-order valence-corrected chi connectivity index (χ3v) is 4.63. The molecule has 1 amide bonds. The lowest BCUT2D eigenvalue weighted by Gasteiger charge is -2.23. The van der Waals surface area contributed by atoms with Crippen molar-refractivity contribution in [2.45, 2.75) is 37.5 Å². The van der Waals surface area contributed by atoms with E-state index in [0.717, 1.165) is 29.7 Å². The lowest BCUT2D eigenvalue weighted by atomic mass is 10.2. The molecule has 1 atom stereocenters. The van der Waals surface area contributed by atoms with E-state index in [0.29, 0.717) is 13.0 Å². The van der Waals surface area contributed by atoms with Gasteiger partial charge in [0.25, 0.3) is 5.91 Å². The van der Waals surface area contributed by atoms with E-state index in [1.54, 1.807) is 0 Å². The number of carbonyl (C=O) groups is 1. The van der Waals surface area contributed by atoms with E-state index in [-0.39, 0.29) is 5.91 Å². The molecule has 1 saturated heterocycles. The number of carbonyl (C=O) groups excluding carboxylic acids is 1. The van der Waals surface area contributed by atoms with E-state index in [1.165, 1.54) is 4.31 Å². The van der Waals surface area contributed by atoms with Crippen LogP contribution in [0.2, 0.25) is 0 Å². The maximum Gasteiger partial charge on any atom is 0.264 e. The Hall–Kier alpha value is -1.00. The molecule has 0 bridgehead atoms. The number of rotatable bonds is 2. The molecule has 4 heteroatoms. The Morgan fingerprint density at radius 1 is 1.24 bits per heavy atom. The van der Waals surface area contributed by atoms with Crippen molar-refractivity contribution >= 4 is 17.3 Å². The topological polar surface area (TPSA) is 43.4 Å². The minimum Gasteiger partial charge on any atom is -0.588 e. The largest absolute Gasteiger partial charge is 0.588 e. The normalized spacial score (nSPS) is 18.9. The van der Waals surface area contributed by atoms with Crippen molar-refractivity contribution < 1.29 is 9.35 Å². The first kappa shape index (κ1) is 12.5. The first-order valence-electron chi connectivity index (χ1n) is 5.98. The van der Waals surface area contributed by atoms with Crippen molar-refractivity contribution in [3.8, 4) is 0 Å². The highest BCUT2D eigenvalue weighted by Crippen LogP contribution is 2.23. The minimum atomic E-state index is -1.34. The summed E-state index contributed by atoms with van der Waals surface area (Å²) < 4.78 is 13.9. The monoisotopic (exact) mass is 251 g/mol. The molecule has 2 rings (SSSR count). The van der Waals surface area contributed by atoms with Gasteiger partial charge in [-0.1, -0.05) is 24.6 Å². The van der Waals surface area contributed by atoms with Crippen LogP contribution < -0.4 is 0 Å². The Bertz CT molecular complexity index is 408. The molecule has 17 heavy (non-hydrogen) atoms. The van der Waals surface area contributed by atoms with Crippen LogP contribution in [0.15, 0.2) is 29.2 Å². The molecule has 0 spiro atoms. The average molecular weight is 251 g/mol. The van der Waals surface area contributed by atoms with Crippen LogP contribution in [0, 0.1) is 6.92 Å². The van der Waals surface area contributed by atoms with Crippen LogP contribution in [0.5, 0.6) is 0 Å². The lowest BCUT2D eigenvalue weighted by molar-refractivity contribution is -0.126. The molecule has 1 aromatic rings. The summed E-state index contributed by atoms with van der Waals surface area (Å²) in [6, 6.07) is 7.54. The molecule has 1 fully saturated rings. The fourth-order valence-corrected chi connectivity index (χ4v) is 3.35. The Morgan fingerprint density at radius 3 is 2.76 bits per heavy atom. The average Bonchev–Trinajstić information content (AvgIpc) is 2.54. The van der Waals surface area contributed by atoms with Gasteiger partial charge in [0.1, 0.15) is 11.4 Å². The van der Waals surface area contributed by atoms with Gasteiger partial charge in [-0.25, -0.2) is 0 Å². The number of hydrogen-bond acceptors (Lipinski definition) is 2. The highest BCUT2D eigenvalue weighted by atomic mass is 32.2. The lowest BCUT2D eigenvalue weighted by Crippen LogP contribution is -2.36. The summed E-state index contributed by atoms with van der Waals surface area (Å²) in [6.45, 7) is 2.54. The maximum atomic E-state index is 12.4. The van der Waals surface area contributed by atoms with Gasteiger partial charge < -0.3 is 4.55 Å². The predicted molar refractivity (Wildman–Crippen MR) is 67.8 cm³/mol. The first-order chi connectivity index (χ1) is 8.20. The van der Waals surface area contributed by atoms with E-state index >= 15 is 0 Å². The van der Waals surface area contributed by atoms with Crippen molar-refractivity contribution in [1.82, 2.24) is 4.31 Å². The second kappa shape index (κ2) is 5.56. The van der Waals surface area contributed by atoms with Crippen LogP contribution in [-0.2, 0) is 16.2 Å². The fraction of sp³-hybridized carbons (Fsp3) is 0.462. The molecule has 0 aromatic heterocycles. The van der Waals surface area contributed by atoms with Gasteiger partial charge in [0.15, 0.2) is 4.90 Å². The number of aryl methyl sites for hydroxylation is 1. The SMILES string of the molecule is Cc1ccccc1[S+]([O-])N1CCCCCC1=O. The van der Waals surface area contributed by atoms with Gasteiger partial charge in [0.2, 0.25) is 0 Å². The Kier molecular flexibility index (Phi) is 4.07. The summed E-state index contributed by atoms with van der Waals surface area (Å²) in [5.74, 6) is 0.0177. The quantitative estimate of drug-likeness (QED) is 0.758. The van der Waals surface area contributed by atoms with Gasteiger partial charge in [-0.05, 0) is 25.8 Å². The van der Waals surface area contributed by atoms with Crippen LogP contribution in [-0.4, -0.2) is 21.3 Å². The van der Waals surface area contributed by atoms with E-state index < -0.39 is 11.4 Å². The Morgan fingerprint density at radius 2 is 2.00 bits per heavy atom. The molecular formula is C13H17NO2S. The molecule has 0 saturated carbocycles. The molecule has 1 aliphatic rings. The van der Waals surface area contributed by atoms with Crippen molar-refractivity contribution in [2.24, 2.45) is 0 Å². The maximum absolute atomic E-state index is 12.4. The molecular weight excluding hydrogens is 234 g/mol. The Labute approximate surface area is 105 Å². The smallest absolute Gasteiger partial charge is 0.264 e. The molecule has 92 valence electrons. The van der Waals surface area contributed by atoms with Crippen LogP contribution >= 0.6 is 0 Å². The Balaban J connectivity index is 2.21. The van der Waals surface area contributed by atoms with Crippen LogP contribution in [0.3, 0.4) is 0 Å². The zero-order valence-corrected chi connectivity index (χ0v) is 10.8. The first-order valence-corrected chi connectivity index (χ1v) is 7.08. The van der Waals surface area contributed by atoms with Crippen LogP contribution in [0.25, 0.3) is 0 Å². The summed E-state index contributed by atoms with van der Waals surface area (Å²) >= 11 is -1.34. The minimum absolute atomic E-state index is 0.0177. The van der Waals surface area contributed by atoms with E-state index in [9.17, 15) is 9.35 Å². The molecule has 3 nitrogen and oxygen atoms in total.